The lowest BCUT2D eigenvalue weighted by Crippen LogP contribution is -2.30. The maximum absolute atomic E-state index is 12.4. The molecule has 0 aromatic carbocycles. The van der Waals surface area contributed by atoms with E-state index in [2.05, 4.69) is 33.8 Å². The van der Waals surface area contributed by atoms with Gasteiger partial charge in [-0.2, -0.15) is 5.10 Å². The van der Waals surface area contributed by atoms with E-state index in [1.165, 1.54) is 0 Å². The minimum atomic E-state index is -0.195. The third-order valence-corrected chi connectivity index (χ3v) is 4.41. The molecule has 0 aliphatic heterocycles. The Labute approximate surface area is 153 Å². The van der Waals surface area contributed by atoms with Gasteiger partial charge in [0, 0.05) is 30.9 Å². The first-order chi connectivity index (χ1) is 12.4. The van der Waals surface area contributed by atoms with Crippen LogP contribution in [0.15, 0.2) is 24.4 Å². The highest BCUT2D eigenvalue weighted by atomic mass is 16.1. The molecule has 1 atom stereocenters. The maximum atomic E-state index is 12.4. The largest absolute Gasteiger partial charge is 0.346 e. The molecule has 0 aliphatic rings. The van der Waals surface area contributed by atoms with Gasteiger partial charge in [0.05, 0.1) is 11.7 Å². The Morgan fingerprint density at radius 2 is 2.04 bits per heavy atom. The number of nitrogens with zero attached hydrogens (tertiary/aromatic N) is 5. The van der Waals surface area contributed by atoms with Gasteiger partial charge in [-0.15, -0.1) is 0 Å². The number of fused-ring (bicyclic) bond motifs is 1. The van der Waals surface area contributed by atoms with E-state index >= 15 is 0 Å². The second kappa shape index (κ2) is 7.27. The second-order valence-electron chi connectivity index (χ2n) is 6.97. The molecule has 0 spiro atoms. The number of carbonyl (C=O) groups is 1. The van der Waals surface area contributed by atoms with Gasteiger partial charge in [-0.05, 0) is 52.8 Å². The third-order valence-electron chi connectivity index (χ3n) is 4.41. The summed E-state index contributed by atoms with van der Waals surface area (Å²) in [6.45, 7) is 10.7. The van der Waals surface area contributed by atoms with Crippen molar-refractivity contribution in [2.45, 2.75) is 59.7 Å². The average Bonchev–Trinajstić information content (AvgIpc) is 3.12. The molecule has 3 rings (SSSR count). The molecule has 0 unspecified atom stereocenters. The molecule has 3 aromatic heterocycles. The summed E-state index contributed by atoms with van der Waals surface area (Å²) in [5.41, 5.74) is 3.73. The molecule has 0 radical (unpaired) electrons. The molecule has 0 saturated carbocycles. The summed E-state index contributed by atoms with van der Waals surface area (Å²) in [7, 11) is 0. The Bertz CT molecular complexity index is 923. The van der Waals surface area contributed by atoms with Crippen molar-refractivity contribution in [1.82, 2.24) is 29.6 Å². The summed E-state index contributed by atoms with van der Waals surface area (Å²) in [5.74, 6) is 0.813. The minimum absolute atomic E-state index is 0.0135. The van der Waals surface area contributed by atoms with Crippen molar-refractivity contribution in [2.75, 3.05) is 0 Å². The Morgan fingerprint density at radius 1 is 1.27 bits per heavy atom. The zero-order valence-electron chi connectivity index (χ0n) is 16.0. The first kappa shape index (κ1) is 18.1. The van der Waals surface area contributed by atoms with Gasteiger partial charge in [-0.3, -0.25) is 9.48 Å². The number of imidazole rings is 1. The number of amides is 1. The van der Waals surface area contributed by atoms with Crippen molar-refractivity contribution < 1.29 is 4.79 Å². The molecule has 1 amide bonds. The predicted octanol–water partition coefficient (Wildman–Crippen LogP) is 3.09. The summed E-state index contributed by atoms with van der Waals surface area (Å²) in [6.07, 6.45) is 2.15. The van der Waals surface area contributed by atoms with Gasteiger partial charge in [0.2, 0.25) is 5.91 Å². The van der Waals surface area contributed by atoms with Crippen LogP contribution in [-0.4, -0.2) is 30.2 Å². The molecule has 0 aliphatic carbocycles. The number of hydrogen-bond acceptors (Lipinski definition) is 4. The molecule has 138 valence electrons. The molecule has 3 aromatic rings. The van der Waals surface area contributed by atoms with Crippen LogP contribution in [0.4, 0.5) is 0 Å². The molecular weight excluding hydrogens is 328 g/mol. The van der Waals surface area contributed by atoms with Crippen LogP contribution in [0, 0.1) is 13.8 Å². The first-order valence-electron chi connectivity index (χ1n) is 9.00. The molecule has 3 heterocycles. The zero-order chi connectivity index (χ0) is 18.8. The van der Waals surface area contributed by atoms with Crippen LogP contribution in [0.2, 0.25) is 0 Å². The van der Waals surface area contributed by atoms with E-state index in [9.17, 15) is 4.79 Å². The van der Waals surface area contributed by atoms with E-state index in [1.54, 1.807) is 6.20 Å². The molecule has 1 N–H and O–H groups in total. The van der Waals surface area contributed by atoms with Crippen LogP contribution in [0.5, 0.6) is 0 Å². The fourth-order valence-corrected chi connectivity index (χ4v) is 3.25. The zero-order valence-corrected chi connectivity index (χ0v) is 16.0. The average molecular weight is 354 g/mol. The van der Waals surface area contributed by atoms with Gasteiger partial charge in [0.25, 0.3) is 0 Å². The molecule has 0 fully saturated rings. The van der Waals surface area contributed by atoms with Crippen LogP contribution < -0.4 is 5.32 Å². The number of aromatic nitrogens is 5. The van der Waals surface area contributed by atoms with Crippen LogP contribution in [0.3, 0.4) is 0 Å². The van der Waals surface area contributed by atoms with Gasteiger partial charge in [-0.1, -0.05) is 0 Å². The number of rotatable bonds is 6. The van der Waals surface area contributed by atoms with E-state index < -0.39 is 0 Å². The van der Waals surface area contributed by atoms with Gasteiger partial charge in [0.1, 0.15) is 11.3 Å². The normalized spacial score (nSPS) is 12.7. The first-order valence-corrected chi connectivity index (χ1v) is 9.00. The maximum Gasteiger partial charge on any atom is 0.222 e. The van der Waals surface area contributed by atoms with Gasteiger partial charge < -0.3 is 9.88 Å². The van der Waals surface area contributed by atoms with Gasteiger partial charge in [-0.25, -0.2) is 9.97 Å². The highest BCUT2D eigenvalue weighted by Gasteiger charge is 2.20. The predicted molar refractivity (Wildman–Crippen MR) is 101 cm³/mol. The highest BCUT2D eigenvalue weighted by Crippen LogP contribution is 2.23. The van der Waals surface area contributed by atoms with E-state index in [0.717, 1.165) is 28.4 Å². The van der Waals surface area contributed by atoms with Crippen molar-refractivity contribution in [3.05, 3.63) is 41.6 Å². The van der Waals surface area contributed by atoms with Crippen LogP contribution in [0.25, 0.3) is 11.2 Å². The summed E-state index contributed by atoms with van der Waals surface area (Å²) in [5, 5.41) is 7.46. The van der Waals surface area contributed by atoms with Crippen LogP contribution >= 0.6 is 0 Å². The third kappa shape index (κ3) is 3.61. The van der Waals surface area contributed by atoms with Gasteiger partial charge >= 0.3 is 0 Å². The molecule has 0 bridgehead atoms. The Kier molecular flexibility index (Phi) is 5.06. The monoisotopic (exact) mass is 354 g/mol. The lowest BCUT2D eigenvalue weighted by atomic mass is 10.2. The molecule has 7 heteroatoms. The lowest BCUT2D eigenvalue weighted by molar-refractivity contribution is -0.122. The minimum Gasteiger partial charge on any atom is -0.346 e. The molecule has 0 saturated heterocycles. The number of hydrogen-bond donors (Lipinski definition) is 1. The van der Waals surface area contributed by atoms with Crippen LogP contribution in [0.1, 0.15) is 56.5 Å². The molecular formula is C19H26N6O. The highest BCUT2D eigenvalue weighted by molar-refractivity contribution is 5.76. The van der Waals surface area contributed by atoms with E-state index in [1.807, 2.05) is 43.7 Å². The number of pyridine rings is 1. The Morgan fingerprint density at radius 3 is 2.69 bits per heavy atom. The van der Waals surface area contributed by atoms with Crippen LogP contribution in [-0.2, 0) is 11.3 Å². The summed E-state index contributed by atoms with van der Waals surface area (Å²) in [4.78, 5) is 21.5. The molecule has 7 nitrogen and oxygen atoms in total. The fraction of sp³-hybridized carbons (Fsp3) is 0.474. The van der Waals surface area contributed by atoms with Crippen molar-refractivity contribution in [3.8, 4) is 0 Å². The smallest absolute Gasteiger partial charge is 0.222 e. The topological polar surface area (TPSA) is 77.6 Å². The number of nitrogens with one attached hydrogen (secondary N) is 1. The lowest BCUT2D eigenvalue weighted by Gasteiger charge is -2.18. The van der Waals surface area contributed by atoms with Crippen molar-refractivity contribution in [3.63, 3.8) is 0 Å². The molecule has 26 heavy (non-hydrogen) atoms. The van der Waals surface area contributed by atoms with Crippen molar-refractivity contribution in [2.24, 2.45) is 0 Å². The SMILES string of the molecule is Cc1cc(C)n(CCC(=O)N[C@H](C)c2nc3cccnc3n2C(C)C)n1. The summed E-state index contributed by atoms with van der Waals surface area (Å²) < 4.78 is 3.95. The van der Waals surface area contributed by atoms with Crippen molar-refractivity contribution >= 4 is 17.1 Å². The quantitative estimate of drug-likeness (QED) is 0.738. The van der Waals surface area contributed by atoms with E-state index in [4.69, 9.17) is 4.98 Å². The summed E-state index contributed by atoms with van der Waals surface area (Å²) >= 11 is 0. The second-order valence-corrected chi connectivity index (χ2v) is 6.97. The summed E-state index contributed by atoms with van der Waals surface area (Å²) in [6, 6.07) is 5.85. The number of carbonyl (C=O) groups excluding carboxylic acids is 1. The fourth-order valence-electron chi connectivity index (χ4n) is 3.25. The van der Waals surface area contributed by atoms with Gasteiger partial charge in [0.15, 0.2) is 5.65 Å². The Balaban J connectivity index is 1.72. The van der Waals surface area contributed by atoms with E-state index in [0.29, 0.717) is 13.0 Å². The standard InChI is InChI=1S/C19H26N6O/c1-12(2)25-18(22-16-7-6-9-20-19(16)25)15(5)21-17(26)8-10-24-14(4)11-13(3)23-24/h6-7,9,11-12,15H,8,10H2,1-5H3,(H,21,26)/t15-/m1/s1. The van der Waals surface area contributed by atoms with E-state index in [-0.39, 0.29) is 18.0 Å². The Hall–Kier alpha value is -2.70. The van der Waals surface area contributed by atoms with Crippen molar-refractivity contribution in [1.29, 1.82) is 0 Å². The number of aryl methyl sites for hydroxylation is 3.